The first-order valence-electron chi connectivity index (χ1n) is 2.89. The van der Waals surface area contributed by atoms with Gasteiger partial charge in [0.25, 0.3) is 0 Å². The van der Waals surface area contributed by atoms with Crippen molar-refractivity contribution in [2.45, 2.75) is 31.2 Å². The Morgan fingerprint density at radius 1 is 1.60 bits per heavy atom. The molecular formula is C6H10Cl2O2. The van der Waals surface area contributed by atoms with E-state index in [9.17, 15) is 4.79 Å². The molecule has 0 heterocycles. The van der Waals surface area contributed by atoms with Crippen molar-refractivity contribution >= 4 is 29.2 Å². The van der Waals surface area contributed by atoms with Crippen LogP contribution in [0, 0.1) is 0 Å². The zero-order chi connectivity index (χ0) is 8.36. The maximum absolute atomic E-state index is 10.4. The van der Waals surface area contributed by atoms with E-state index in [1.54, 1.807) is 13.8 Å². The van der Waals surface area contributed by atoms with Crippen LogP contribution in [0.3, 0.4) is 0 Å². The van der Waals surface area contributed by atoms with Crippen LogP contribution in [0.4, 0.5) is 0 Å². The van der Waals surface area contributed by atoms with Crippen molar-refractivity contribution in [3.63, 3.8) is 0 Å². The van der Waals surface area contributed by atoms with Crippen LogP contribution in [0.25, 0.3) is 0 Å². The Bertz CT molecular complexity index is 128. The summed E-state index contributed by atoms with van der Waals surface area (Å²) in [7, 11) is 0. The third-order valence-electron chi connectivity index (χ3n) is 1.06. The van der Waals surface area contributed by atoms with Crippen molar-refractivity contribution in [3.05, 3.63) is 0 Å². The minimum Gasteiger partial charge on any atom is -0.460 e. The Balaban J connectivity index is 3.85. The average Bonchev–Trinajstić information content (AvgIpc) is 1.60. The molecule has 1 unspecified atom stereocenters. The summed E-state index contributed by atoms with van der Waals surface area (Å²) in [5.41, 5.74) is 0. The van der Waals surface area contributed by atoms with E-state index in [0.29, 0.717) is 0 Å². The molecule has 0 aromatic heterocycles. The fourth-order valence-electron chi connectivity index (χ4n) is 0.352. The largest absolute Gasteiger partial charge is 0.460 e. The van der Waals surface area contributed by atoms with Gasteiger partial charge in [-0.2, -0.15) is 0 Å². The molecule has 0 aromatic rings. The minimum absolute atomic E-state index is 0.375. The van der Waals surface area contributed by atoms with Crippen LogP contribution in [0.2, 0.25) is 0 Å². The minimum atomic E-state index is -1.01. The van der Waals surface area contributed by atoms with Gasteiger partial charge in [-0.15, -0.1) is 0 Å². The van der Waals surface area contributed by atoms with E-state index < -0.39 is 10.4 Å². The Hall–Kier alpha value is 0.0500. The van der Waals surface area contributed by atoms with Crippen LogP contribution in [-0.2, 0) is 9.53 Å². The third kappa shape index (κ3) is 3.96. The molecule has 0 aliphatic heterocycles. The van der Waals surface area contributed by atoms with Gasteiger partial charge < -0.3 is 4.74 Å². The molecule has 0 spiro atoms. The van der Waals surface area contributed by atoms with Gasteiger partial charge >= 0.3 is 5.97 Å². The Morgan fingerprint density at radius 2 is 2.00 bits per heavy atom. The fourth-order valence-corrected chi connectivity index (χ4v) is 0.442. The van der Waals surface area contributed by atoms with E-state index in [1.807, 2.05) is 0 Å². The van der Waals surface area contributed by atoms with Crippen LogP contribution in [-0.4, -0.2) is 16.4 Å². The highest BCUT2D eigenvalue weighted by Gasteiger charge is 2.27. The summed E-state index contributed by atoms with van der Waals surface area (Å²) in [5, 5.41) is 0. The molecule has 0 bridgehead atoms. The number of hydrogen-bond donors (Lipinski definition) is 0. The lowest BCUT2D eigenvalue weighted by Crippen LogP contribution is -2.29. The topological polar surface area (TPSA) is 26.3 Å². The summed E-state index contributed by atoms with van der Waals surface area (Å²) in [6.07, 6.45) is -0.478. The first kappa shape index (κ1) is 10.0. The lowest BCUT2D eigenvalue weighted by atomic mass is 10.3. The van der Waals surface area contributed by atoms with Gasteiger partial charge in [-0.3, -0.25) is 4.79 Å². The highest BCUT2D eigenvalue weighted by Crippen LogP contribution is 2.26. The molecular weight excluding hydrogens is 175 g/mol. The van der Waals surface area contributed by atoms with Gasteiger partial charge in [-0.05, 0) is 13.8 Å². The first-order valence-corrected chi connectivity index (χ1v) is 3.64. The highest BCUT2D eigenvalue weighted by atomic mass is 35.5. The van der Waals surface area contributed by atoms with Crippen molar-refractivity contribution < 1.29 is 9.53 Å². The normalized spacial score (nSPS) is 14.5. The van der Waals surface area contributed by atoms with Crippen LogP contribution < -0.4 is 0 Å². The molecule has 4 heteroatoms. The van der Waals surface area contributed by atoms with Crippen molar-refractivity contribution in [3.8, 4) is 0 Å². The number of rotatable bonds is 2. The average molecular weight is 185 g/mol. The number of ether oxygens (including phenoxy) is 1. The Kier molecular flexibility index (Phi) is 3.46. The number of esters is 1. The van der Waals surface area contributed by atoms with Gasteiger partial charge in [0.15, 0.2) is 4.33 Å². The standard InChI is InChI=1S/C6H10Cl2O2/c1-4(6(3,7)8)10-5(2)9/h4H,1-3H3. The van der Waals surface area contributed by atoms with E-state index >= 15 is 0 Å². The predicted octanol–water partition coefficient (Wildman–Crippen LogP) is 2.13. The predicted molar refractivity (Wildman–Crippen MR) is 41.3 cm³/mol. The van der Waals surface area contributed by atoms with Crippen molar-refractivity contribution in [1.29, 1.82) is 0 Å². The van der Waals surface area contributed by atoms with Crippen molar-refractivity contribution in [2.75, 3.05) is 0 Å². The number of halogens is 2. The second-order valence-corrected chi connectivity index (χ2v) is 3.97. The summed E-state index contributed by atoms with van der Waals surface area (Å²) in [6.45, 7) is 4.53. The maximum atomic E-state index is 10.4. The highest BCUT2D eigenvalue weighted by molar-refractivity contribution is 6.48. The molecule has 0 rings (SSSR count). The van der Waals surface area contributed by atoms with Crippen LogP contribution in [0.1, 0.15) is 20.8 Å². The molecule has 0 saturated carbocycles. The number of hydrogen-bond acceptors (Lipinski definition) is 2. The molecule has 10 heavy (non-hydrogen) atoms. The zero-order valence-corrected chi connectivity index (χ0v) is 7.66. The molecule has 0 amide bonds. The molecule has 0 radical (unpaired) electrons. The summed E-state index contributed by atoms with van der Waals surface area (Å²) < 4.78 is 3.70. The smallest absolute Gasteiger partial charge is 0.302 e. The summed E-state index contributed by atoms with van der Waals surface area (Å²) in [5.74, 6) is -0.375. The number of alkyl halides is 2. The van der Waals surface area contributed by atoms with Crippen molar-refractivity contribution in [2.24, 2.45) is 0 Å². The molecule has 0 aromatic carbocycles. The molecule has 1 atom stereocenters. The zero-order valence-electron chi connectivity index (χ0n) is 6.15. The number of carbonyl (C=O) groups is 1. The Labute approximate surface area is 70.4 Å². The first-order chi connectivity index (χ1) is 4.34. The van der Waals surface area contributed by atoms with E-state index in [2.05, 4.69) is 0 Å². The van der Waals surface area contributed by atoms with E-state index in [1.165, 1.54) is 6.92 Å². The van der Waals surface area contributed by atoms with Crippen LogP contribution in [0.15, 0.2) is 0 Å². The van der Waals surface area contributed by atoms with Gasteiger partial charge in [0.2, 0.25) is 0 Å². The second kappa shape index (κ2) is 3.44. The van der Waals surface area contributed by atoms with Gasteiger partial charge in [0, 0.05) is 6.92 Å². The van der Waals surface area contributed by atoms with Gasteiger partial charge in [0.05, 0.1) is 0 Å². The molecule has 0 fully saturated rings. The summed E-state index contributed by atoms with van der Waals surface area (Å²) in [6, 6.07) is 0. The van der Waals surface area contributed by atoms with E-state index in [0.717, 1.165) is 0 Å². The molecule has 60 valence electrons. The maximum Gasteiger partial charge on any atom is 0.302 e. The lowest BCUT2D eigenvalue weighted by molar-refractivity contribution is -0.145. The molecule has 0 saturated heterocycles. The monoisotopic (exact) mass is 184 g/mol. The summed E-state index contributed by atoms with van der Waals surface area (Å²) in [4.78, 5) is 10.4. The Morgan fingerprint density at radius 3 is 2.10 bits per heavy atom. The molecule has 0 aliphatic carbocycles. The second-order valence-electron chi connectivity index (χ2n) is 2.21. The molecule has 0 aliphatic rings. The quantitative estimate of drug-likeness (QED) is 0.486. The molecule has 2 nitrogen and oxygen atoms in total. The molecule has 0 N–H and O–H groups in total. The lowest BCUT2D eigenvalue weighted by Gasteiger charge is -2.21. The van der Waals surface area contributed by atoms with Gasteiger partial charge in [0.1, 0.15) is 6.10 Å². The third-order valence-corrected chi connectivity index (χ3v) is 1.67. The summed E-state index contributed by atoms with van der Waals surface area (Å²) >= 11 is 11.2. The fraction of sp³-hybridized carbons (Fsp3) is 0.833. The van der Waals surface area contributed by atoms with E-state index in [-0.39, 0.29) is 5.97 Å². The van der Waals surface area contributed by atoms with Crippen LogP contribution in [0.5, 0.6) is 0 Å². The SMILES string of the molecule is CC(=O)OC(C)C(C)(Cl)Cl. The van der Waals surface area contributed by atoms with E-state index in [4.69, 9.17) is 27.9 Å². The van der Waals surface area contributed by atoms with Gasteiger partial charge in [-0.25, -0.2) is 0 Å². The number of carbonyl (C=O) groups excluding carboxylic acids is 1. The van der Waals surface area contributed by atoms with Crippen molar-refractivity contribution in [1.82, 2.24) is 0 Å². The van der Waals surface area contributed by atoms with Gasteiger partial charge in [-0.1, -0.05) is 23.2 Å². The van der Waals surface area contributed by atoms with Crippen LogP contribution >= 0.6 is 23.2 Å².